The molecule has 282 valence electrons. The molecule has 0 aliphatic carbocycles. The molecule has 4 aromatic carbocycles. The molecular formula is C41H40F3N3O7. The van der Waals surface area contributed by atoms with Gasteiger partial charge >= 0.3 is 12.1 Å². The lowest BCUT2D eigenvalue weighted by atomic mass is 9.90. The Morgan fingerprint density at radius 2 is 1.22 bits per heavy atom. The standard InChI is InChI=1S/C41H40F3N3O7/c42-41(43,44)31-16-11-29(12-17-31)23-35-39(51)46-34(22-27-9-5-2-6-10-27)36(48)24-30(40(52)53)21-28-13-18-32(19-14-28)54-25-37(49)45-33(38(50)47-35)20-15-26-7-3-1-4-8-26/h1-14,16-19,30,33-35H,15,20-25H2,(H,45,49)(H,46,51)(H,47,50)(H,52,53)/t30-,33-,34-,35+/m1/s1. The summed E-state index contributed by atoms with van der Waals surface area (Å²) in [6, 6.07) is 24.7. The molecule has 0 saturated carbocycles. The van der Waals surface area contributed by atoms with Crippen molar-refractivity contribution in [3.63, 3.8) is 0 Å². The molecule has 54 heavy (non-hydrogen) atoms. The second-order valence-electron chi connectivity index (χ2n) is 13.2. The van der Waals surface area contributed by atoms with Gasteiger partial charge in [0.1, 0.15) is 17.8 Å². The first-order valence-electron chi connectivity index (χ1n) is 17.5. The van der Waals surface area contributed by atoms with E-state index in [-0.39, 0.29) is 31.2 Å². The van der Waals surface area contributed by atoms with Gasteiger partial charge in [-0.05, 0) is 72.2 Å². The Morgan fingerprint density at radius 1 is 0.667 bits per heavy atom. The van der Waals surface area contributed by atoms with Crippen molar-refractivity contribution >= 4 is 29.5 Å². The highest BCUT2D eigenvalue weighted by molar-refractivity contribution is 5.96. The Bertz CT molecular complexity index is 1900. The zero-order chi connectivity index (χ0) is 38.7. The number of fused-ring (bicyclic) bond motifs is 16. The van der Waals surface area contributed by atoms with Gasteiger partial charge in [-0.1, -0.05) is 84.9 Å². The first kappa shape index (κ1) is 39.2. The van der Waals surface area contributed by atoms with Crippen molar-refractivity contribution < 1.29 is 47.0 Å². The second kappa shape index (κ2) is 18.2. The molecule has 0 spiro atoms. The van der Waals surface area contributed by atoms with Crippen molar-refractivity contribution in [2.75, 3.05) is 6.61 Å². The summed E-state index contributed by atoms with van der Waals surface area (Å²) in [6.07, 6.45) is -4.81. The monoisotopic (exact) mass is 743 g/mol. The van der Waals surface area contributed by atoms with Gasteiger partial charge in [-0.2, -0.15) is 13.2 Å². The quantitative estimate of drug-likeness (QED) is 0.188. The third-order valence-corrected chi connectivity index (χ3v) is 9.13. The van der Waals surface area contributed by atoms with Gasteiger partial charge in [-0.3, -0.25) is 24.0 Å². The minimum Gasteiger partial charge on any atom is -0.484 e. The summed E-state index contributed by atoms with van der Waals surface area (Å²) in [5, 5.41) is 18.1. The van der Waals surface area contributed by atoms with Gasteiger partial charge in [0.25, 0.3) is 5.91 Å². The second-order valence-corrected chi connectivity index (χ2v) is 13.2. The number of alkyl halides is 3. The maximum Gasteiger partial charge on any atom is 0.416 e. The predicted molar refractivity (Wildman–Crippen MR) is 192 cm³/mol. The van der Waals surface area contributed by atoms with Crippen molar-refractivity contribution in [3.8, 4) is 5.75 Å². The molecule has 0 fully saturated rings. The van der Waals surface area contributed by atoms with Crippen LogP contribution in [0.5, 0.6) is 5.75 Å². The lowest BCUT2D eigenvalue weighted by molar-refractivity contribution is -0.144. The molecule has 6 rings (SSSR count). The summed E-state index contributed by atoms with van der Waals surface area (Å²) in [7, 11) is 0. The van der Waals surface area contributed by atoms with Crippen LogP contribution in [0.2, 0.25) is 0 Å². The summed E-state index contributed by atoms with van der Waals surface area (Å²) in [6.45, 7) is -0.461. The molecule has 2 aliphatic rings. The number of halogens is 3. The average Bonchev–Trinajstić information content (AvgIpc) is 3.15. The van der Waals surface area contributed by atoms with Crippen LogP contribution in [-0.2, 0) is 55.8 Å². The Balaban J connectivity index is 1.50. The van der Waals surface area contributed by atoms with Crippen LogP contribution in [-0.4, -0.2) is 59.3 Å². The number of carboxylic acid groups (broad SMARTS) is 1. The average molecular weight is 744 g/mol. The van der Waals surface area contributed by atoms with Crippen LogP contribution in [0.25, 0.3) is 0 Å². The van der Waals surface area contributed by atoms with E-state index in [4.69, 9.17) is 4.74 Å². The molecule has 0 unspecified atom stereocenters. The van der Waals surface area contributed by atoms with E-state index in [2.05, 4.69) is 16.0 Å². The number of carboxylic acids is 1. The van der Waals surface area contributed by atoms with Crippen LogP contribution in [0, 0.1) is 5.92 Å². The summed E-state index contributed by atoms with van der Waals surface area (Å²) in [5.74, 6) is -4.82. The fourth-order valence-corrected chi connectivity index (χ4v) is 6.16. The number of hydrogen-bond donors (Lipinski definition) is 4. The SMILES string of the molecule is O=C1COc2ccc(cc2)C[C@@H](C(=O)O)CC(=O)[C@@H](Cc2ccccc2)NC(=O)[C@H](Cc2ccc(C(F)(F)F)cc2)NC(=O)[C@@H](CCc2ccccc2)N1. The van der Waals surface area contributed by atoms with E-state index in [1.54, 1.807) is 54.6 Å². The van der Waals surface area contributed by atoms with E-state index in [9.17, 15) is 42.3 Å². The van der Waals surface area contributed by atoms with Crippen LogP contribution >= 0.6 is 0 Å². The van der Waals surface area contributed by atoms with E-state index in [0.29, 0.717) is 23.3 Å². The zero-order valence-corrected chi connectivity index (χ0v) is 29.2. The summed E-state index contributed by atoms with van der Waals surface area (Å²) in [4.78, 5) is 67.5. The number of nitrogens with one attached hydrogen (secondary N) is 3. The number of carbonyl (C=O) groups excluding carboxylic acids is 4. The molecule has 4 N–H and O–H groups in total. The Labute approximate surface area is 310 Å². The first-order chi connectivity index (χ1) is 25.8. The molecule has 13 heteroatoms. The van der Waals surface area contributed by atoms with E-state index in [1.807, 2.05) is 30.3 Å². The summed E-state index contributed by atoms with van der Waals surface area (Å²) >= 11 is 0. The molecule has 3 amide bonds. The van der Waals surface area contributed by atoms with E-state index in [1.165, 1.54) is 12.1 Å². The molecule has 4 atom stereocenters. The van der Waals surface area contributed by atoms with Gasteiger partial charge in [-0.25, -0.2) is 0 Å². The van der Waals surface area contributed by atoms with E-state index in [0.717, 1.165) is 17.7 Å². The molecular weight excluding hydrogens is 703 g/mol. The molecule has 10 nitrogen and oxygen atoms in total. The molecule has 2 bridgehead atoms. The maximum atomic E-state index is 14.1. The van der Waals surface area contributed by atoms with Crippen molar-refractivity contribution in [3.05, 3.63) is 137 Å². The Hall–Kier alpha value is -5.98. The van der Waals surface area contributed by atoms with Gasteiger partial charge in [-0.15, -0.1) is 0 Å². The van der Waals surface area contributed by atoms with Gasteiger partial charge in [0.05, 0.1) is 17.5 Å². The molecule has 2 heterocycles. The smallest absolute Gasteiger partial charge is 0.416 e. The topological polar surface area (TPSA) is 151 Å². The number of aryl methyl sites for hydroxylation is 1. The summed E-state index contributed by atoms with van der Waals surface area (Å²) < 4.78 is 45.7. The molecule has 4 aromatic rings. The Morgan fingerprint density at radius 3 is 1.83 bits per heavy atom. The zero-order valence-electron chi connectivity index (χ0n) is 29.2. The molecule has 0 aromatic heterocycles. The number of Topliss-reactive ketones (excluding diaryl/α,β-unsaturated/α-hetero) is 1. The lowest BCUT2D eigenvalue weighted by Gasteiger charge is -2.26. The number of aliphatic carboxylic acids is 1. The van der Waals surface area contributed by atoms with Crippen molar-refractivity contribution in [2.24, 2.45) is 5.92 Å². The lowest BCUT2D eigenvalue weighted by Crippen LogP contribution is -2.57. The van der Waals surface area contributed by atoms with Crippen molar-refractivity contribution in [2.45, 2.75) is 62.8 Å². The number of carbonyl (C=O) groups is 5. The van der Waals surface area contributed by atoms with Gasteiger partial charge in [0.15, 0.2) is 12.4 Å². The highest BCUT2D eigenvalue weighted by Gasteiger charge is 2.33. The fourth-order valence-electron chi connectivity index (χ4n) is 6.16. The van der Waals surface area contributed by atoms with E-state index < -0.39 is 78.3 Å². The highest BCUT2D eigenvalue weighted by atomic mass is 19.4. The first-order valence-corrected chi connectivity index (χ1v) is 17.5. The van der Waals surface area contributed by atoms with Gasteiger partial charge < -0.3 is 25.8 Å². The third kappa shape index (κ3) is 11.5. The number of ketones is 1. The number of amides is 3. The van der Waals surface area contributed by atoms with Crippen molar-refractivity contribution in [1.29, 1.82) is 0 Å². The summed E-state index contributed by atoms with van der Waals surface area (Å²) in [5.41, 5.74) is 1.53. The van der Waals surface area contributed by atoms with Crippen LogP contribution in [0.1, 0.15) is 40.7 Å². The number of ether oxygens (including phenoxy) is 1. The number of benzene rings is 4. The normalized spacial score (nSPS) is 20.4. The Kier molecular flexibility index (Phi) is 13.2. The molecule has 0 saturated heterocycles. The van der Waals surface area contributed by atoms with E-state index >= 15 is 0 Å². The van der Waals surface area contributed by atoms with Gasteiger partial charge in [0, 0.05) is 12.8 Å². The fraction of sp³-hybridized carbons (Fsp3) is 0.293. The van der Waals surface area contributed by atoms with Crippen LogP contribution in [0.4, 0.5) is 13.2 Å². The largest absolute Gasteiger partial charge is 0.484 e. The van der Waals surface area contributed by atoms with Crippen molar-refractivity contribution in [1.82, 2.24) is 16.0 Å². The van der Waals surface area contributed by atoms with Crippen LogP contribution in [0.15, 0.2) is 109 Å². The number of hydrogen-bond acceptors (Lipinski definition) is 6. The van der Waals surface area contributed by atoms with Crippen LogP contribution in [0.3, 0.4) is 0 Å². The molecule has 2 aliphatic heterocycles. The third-order valence-electron chi connectivity index (χ3n) is 9.13. The van der Waals surface area contributed by atoms with Gasteiger partial charge in [0.2, 0.25) is 11.8 Å². The predicted octanol–water partition coefficient (Wildman–Crippen LogP) is 4.87. The minimum atomic E-state index is -4.60. The highest BCUT2D eigenvalue weighted by Crippen LogP contribution is 2.29. The molecule has 0 radical (unpaired) electrons. The minimum absolute atomic E-state index is 0.000488. The maximum absolute atomic E-state index is 14.1. The van der Waals surface area contributed by atoms with Crippen LogP contribution < -0.4 is 20.7 Å². The number of rotatable bonds is 8.